The van der Waals surface area contributed by atoms with Gasteiger partial charge in [-0.2, -0.15) is 0 Å². The summed E-state index contributed by atoms with van der Waals surface area (Å²) in [7, 11) is 4.50. The number of halogens is 1. The molecule has 1 aliphatic rings. The van der Waals surface area contributed by atoms with Crippen molar-refractivity contribution in [1.82, 2.24) is 9.80 Å². The second-order valence-electron chi connectivity index (χ2n) is 4.64. The quantitative estimate of drug-likeness (QED) is 0.546. The monoisotopic (exact) mass is 326 g/mol. The molecule has 0 atom stereocenters. The van der Waals surface area contributed by atoms with Crippen LogP contribution in [0.3, 0.4) is 0 Å². The fraction of sp³-hybridized carbons (Fsp3) is 1.00. The van der Waals surface area contributed by atoms with Gasteiger partial charge in [0.1, 0.15) is 0 Å². The maximum Gasteiger partial charge on any atom is 0.0618 e. The average molecular weight is 326 g/mol. The third kappa shape index (κ3) is 5.50. The lowest BCUT2D eigenvalue weighted by molar-refractivity contribution is 0.171. The molecule has 0 radical (unpaired) electrons. The highest BCUT2D eigenvalue weighted by molar-refractivity contribution is 14.0. The van der Waals surface area contributed by atoms with Gasteiger partial charge in [-0.3, -0.25) is 9.80 Å². The van der Waals surface area contributed by atoms with E-state index in [9.17, 15) is 0 Å². The van der Waals surface area contributed by atoms with Crippen LogP contribution < -0.4 is 0 Å². The standard InChI is InChI=1S/C12H26N2.HI/c1-4-5-6-7-8-9-12-13(2)10-11-14(12)3;/h12H,4-11H2,1-3H3;1H. The van der Waals surface area contributed by atoms with Gasteiger partial charge in [0.15, 0.2) is 0 Å². The number of hydrogen-bond acceptors (Lipinski definition) is 2. The molecular weight excluding hydrogens is 299 g/mol. The Balaban J connectivity index is 0.00000196. The van der Waals surface area contributed by atoms with E-state index in [0.29, 0.717) is 0 Å². The Hall–Kier alpha value is 0.650. The molecular formula is C12H27IN2. The Morgan fingerprint density at radius 1 is 0.933 bits per heavy atom. The molecule has 0 aromatic rings. The molecule has 1 fully saturated rings. The average Bonchev–Trinajstić information content (AvgIpc) is 2.48. The molecule has 1 saturated heterocycles. The van der Waals surface area contributed by atoms with Crippen LogP contribution in [0.5, 0.6) is 0 Å². The molecule has 15 heavy (non-hydrogen) atoms. The lowest BCUT2D eigenvalue weighted by Crippen LogP contribution is -2.34. The lowest BCUT2D eigenvalue weighted by atomic mass is 10.1. The van der Waals surface area contributed by atoms with Gasteiger partial charge in [-0.1, -0.05) is 39.0 Å². The van der Waals surface area contributed by atoms with E-state index in [-0.39, 0.29) is 24.0 Å². The zero-order chi connectivity index (χ0) is 10.4. The molecule has 1 aliphatic heterocycles. The minimum atomic E-state index is 0. The van der Waals surface area contributed by atoms with Gasteiger partial charge in [0.2, 0.25) is 0 Å². The van der Waals surface area contributed by atoms with Crippen molar-refractivity contribution < 1.29 is 0 Å². The van der Waals surface area contributed by atoms with Gasteiger partial charge in [0.25, 0.3) is 0 Å². The fourth-order valence-electron chi connectivity index (χ4n) is 2.32. The SMILES string of the molecule is CCCCCCCC1N(C)CCN1C.I. The molecule has 0 unspecified atom stereocenters. The minimum Gasteiger partial charge on any atom is -0.290 e. The van der Waals surface area contributed by atoms with Crippen LogP contribution in [-0.4, -0.2) is 43.2 Å². The van der Waals surface area contributed by atoms with E-state index in [4.69, 9.17) is 0 Å². The molecule has 1 heterocycles. The van der Waals surface area contributed by atoms with Crippen molar-refractivity contribution in [2.75, 3.05) is 27.2 Å². The summed E-state index contributed by atoms with van der Waals surface area (Å²) in [6, 6.07) is 0. The van der Waals surface area contributed by atoms with Crippen LogP contribution in [0.25, 0.3) is 0 Å². The van der Waals surface area contributed by atoms with E-state index in [1.807, 2.05) is 0 Å². The van der Waals surface area contributed by atoms with Crippen LogP contribution in [0.1, 0.15) is 45.4 Å². The molecule has 0 spiro atoms. The first-order valence-corrected chi connectivity index (χ1v) is 6.16. The lowest BCUT2D eigenvalue weighted by Gasteiger charge is -2.24. The Kier molecular flexibility index (Phi) is 9.14. The number of rotatable bonds is 6. The smallest absolute Gasteiger partial charge is 0.0618 e. The van der Waals surface area contributed by atoms with Crippen molar-refractivity contribution in [2.24, 2.45) is 0 Å². The highest BCUT2D eigenvalue weighted by atomic mass is 127. The Morgan fingerprint density at radius 2 is 1.47 bits per heavy atom. The molecule has 2 nitrogen and oxygen atoms in total. The third-order valence-electron chi connectivity index (χ3n) is 3.39. The maximum atomic E-state index is 2.49. The fourth-order valence-corrected chi connectivity index (χ4v) is 2.32. The molecule has 1 rings (SSSR count). The predicted octanol–water partition coefficient (Wildman–Crippen LogP) is 3.17. The minimum absolute atomic E-state index is 0. The molecule has 0 aliphatic carbocycles. The predicted molar refractivity (Wildman–Crippen MR) is 77.8 cm³/mol. The van der Waals surface area contributed by atoms with Crippen LogP contribution in [0.2, 0.25) is 0 Å². The van der Waals surface area contributed by atoms with E-state index in [2.05, 4.69) is 30.8 Å². The van der Waals surface area contributed by atoms with Gasteiger partial charge in [0, 0.05) is 13.1 Å². The Bertz CT molecular complexity index is 143. The van der Waals surface area contributed by atoms with Gasteiger partial charge < -0.3 is 0 Å². The van der Waals surface area contributed by atoms with Crippen LogP contribution in [0, 0.1) is 0 Å². The molecule has 0 N–H and O–H groups in total. The first-order valence-electron chi connectivity index (χ1n) is 6.16. The van der Waals surface area contributed by atoms with Gasteiger partial charge >= 0.3 is 0 Å². The topological polar surface area (TPSA) is 6.48 Å². The largest absolute Gasteiger partial charge is 0.290 e. The van der Waals surface area contributed by atoms with Crippen molar-refractivity contribution >= 4 is 24.0 Å². The van der Waals surface area contributed by atoms with Gasteiger partial charge in [-0.15, -0.1) is 24.0 Å². The van der Waals surface area contributed by atoms with Crippen LogP contribution in [-0.2, 0) is 0 Å². The van der Waals surface area contributed by atoms with Crippen molar-refractivity contribution in [3.05, 3.63) is 0 Å². The van der Waals surface area contributed by atoms with Crippen molar-refractivity contribution in [3.63, 3.8) is 0 Å². The van der Waals surface area contributed by atoms with E-state index in [0.717, 1.165) is 6.17 Å². The van der Waals surface area contributed by atoms with Crippen LogP contribution in [0.4, 0.5) is 0 Å². The van der Waals surface area contributed by atoms with Crippen LogP contribution >= 0.6 is 24.0 Å². The first-order chi connectivity index (χ1) is 6.75. The summed E-state index contributed by atoms with van der Waals surface area (Å²) >= 11 is 0. The van der Waals surface area contributed by atoms with E-state index in [1.54, 1.807) is 0 Å². The van der Waals surface area contributed by atoms with Crippen molar-refractivity contribution in [1.29, 1.82) is 0 Å². The molecule has 92 valence electrons. The summed E-state index contributed by atoms with van der Waals surface area (Å²) in [6.45, 7) is 4.77. The maximum absolute atomic E-state index is 2.49. The molecule has 0 bridgehead atoms. The zero-order valence-corrected chi connectivity index (χ0v) is 12.9. The summed E-state index contributed by atoms with van der Waals surface area (Å²) in [4.78, 5) is 4.97. The Labute approximate surface area is 112 Å². The molecule has 0 amide bonds. The van der Waals surface area contributed by atoms with Crippen molar-refractivity contribution in [2.45, 2.75) is 51.6 Å². The molecule has 0 aromatic heterocycles. The number of unbranched alkanes of at least 4 members (excludes halogenated alkanes) is 4. The summed E-state index contributed by atoms with van der Waals surface area (Å²) < 4.78 is 0. The zero-order valence-electron chi connectivity index (χ0n) is 10.5. The van der Waals surface area contributed by atoms with Crippen LogP contribution in [0.15, 0.2) is 0 Å². The second-order valence-corrected chi connectivity index (χ2v) is 4.64. The molecule has 0 aromatic carbocycles. The summed E-state index contributed by atoms with van der Waals surface area (Å²) in [5.74, 6) is 0. The number of hydrogen-bond donors (Lipinski definition) is 0. The van der Waals surface area contributed by atoms with E-state index >= 15 is 0 Å². The van der Waals surface area contributed by atoms with E-state index in [1.165, 1.54) is 51.6 Å². The molecule has 0 saturated carbocycles. The Morgan fingerprint density at radius 3 is 2.00 bits per heavy atom. The van der Waals surface area contributed by atoms with Gasteiger partial charge in [-0.05, 0) is 20.5 Å². The summed E-state index contributed by atoms with van der Waals surface area (Å²) in [6.07, 6.45) is 9.09. The molecule has 3 heteroatoms. The summed E-state index contributed by atoms with van der Waals surface area (Å²) in [5.41, 5.74) is 0. The van der Waals surface area contributed by atoms with E-state index < -0.39 is 0 Å². The second kappa shape index (κ2) is 8.76. The number of likely N-dealkylation sites (N-methyl/N-ethyl adjacent to an activating group) is 2. The van der Waals surface area contributed by atoms with Gasteiger partial charge in [0.05, 0.1) is 6.17 Å². The normalized spacial score (nSPS) is 19.4. The highest BCUT2D eigenvalue weighted by Gasteiger charge is 2.24. The highest BCUT2D eigenvalue weighted by Crippen LogP contribution is 2.17. The van der Waals surface area contributed by atoms with Gasteiger partial charge in [-0.25, -0.2) is 0 Å². The third-order valence-corrected chi connectivity index (χ3v) is 3.39. The summed E-state index contributed by atoms with van der Waals surface area (Å²) in [5, 5.41) is 0. The first kappa shape index (κ1) is 15.7. The number of nitrogens with zero attached hydrogens (tertiary/aromatic N) is 2. The van der Waals surface area contributed by atoms with Crippen molar-refractivity contribution in [3.8, 4) is 0 Å².